The van der Waals surface area contributed by atoms with Crippen LogP contribution in [0.25, 0.3) is 21.0 Å². The highest BCUT2D eigenvalue weighted by Crippen LogP contribution is 2.41. The number of hydrogen-bond donors (Lipinski definition) is 1. The first kappa shape index (κ1) is 20.7. The van der Waals surface area contributed by atoms with Crippen molar-refractivity contribution in [3.8, 4) is 11.8 Å². The topological polar surface area (TPSA) is 98.6 Å². The zero-order chi connectivity index (χ0) is 22.2. The quantitative estimate of drug-likeness (QED) is 0.400. The van der Waals surface area contributed by atoms with Gasteiger partial charge in [-0.15, -0.1) is 11.3 Å². The Labute approximate surface area is 192 Å². The van der Waals surface area contributed by atoms with E-state index >= 15 is 0 Å². The van der Waals surface area contributed by atoms with Gasteiger partial charge in [0, 0.05) is 40.1 Å². The number of nitrogens with zero attached hydrogens (tertiary/aromatic N) is 4. The van der Waals surface area contributed by atoms with Crippen LogP contribution in [-0.2, 0) is 11.3 Å². The molecule has 0 bridgehead atoms. The summed E-state index contributed by atoms with van der Waals surface area (Å²) in [5, 5.41) is 5.32. The van der Waals surface area contributed by atoms with Gasteiger partial charge >= 0.3 is 0 Å². The lowest BCUT2D eigenvalue weighted by atomic mass is 10.1. The van der Waals surface area contributed by atoms with Gasteiger partial charge in [0.15, 0.2) is 0 Å². The summed E-state index contributed by atoms with van der Waals surface area (Å²) in [6.07, 6.45) is 1.58. The van der Waals surface area contributed by atoms with Gasteiger partial charge < -0.3 is 14.8 Å². The number of benzene rings is 1. The van der Waals surface area contributed by atoms with E-state index in [1.165, 1.54) is 11.3 Å². The summed E-state index contributed by atoms with van der Waals surface area (Å²) in [5.41, 5.74) is 2.97. The number of carbonyl (C=O) groups excluding carboxylic acids is 1. The summed E-state index contributed by atoms with van der Waals surface area (Å²) in [7, 11) is 0. The molecule has 3 aromatic heterocycles. The molecule has 162 valence electrons. The molecule has 0 fully saturated rings. The fourth-order valence-electron chi connectivity index (χ4n) is 3.51. The van der Waals surface area contributed by atoms with Crippen LogP contribution >= 0.6 is 22.9 Å². The first-order chi connectivity index (χ1) is 15.5. The number of ether oxygens (including phenoxy) is 2. The number of thiophene rings is 1. The predicted octanol–water partition coefficient (Wildman–Crippen LogP) is 5.25. The van der Waals surface area contributed by atoms with Crippen LogP contribution in [0.1, 0.15) is 29.1 Å². The number of pyridine rings is 1. The molecular formula is C22H18ClN5O3S. The Kier molecular flexibility index (Phi) is 5.46. The maximum absolute atomic E-state index is 12.5. The van der Waals surface area contributed by atoms with Crippen molar-refractivity contribution in [1.82, 2.24) is 15.0 Å². The van der Waals surface area contributed by atoms with Crippen molar-refractivity contribution in [3.63, 3.8) is 0 Å². The van der Waals surface area contributed by atoms with E-state index in [0.717, 1.165) is 32.4 Å². The lowest BCUT2D eigenvalue weighted by Gasteiger charge is -2.10. The molecule has 4 heterocycles. The maximum atomic E-state index is 12.5. The van der Waals surface area contributed by atoms with Crippen molar-refractivity contribution in [1.29, 1.82) is 0 Å². The molecule has 4 aromatic rings. The van der Waals surface area contributed by atoms with Crippen LogP contribution in [0.2, 0.25) is 5.28 Å². The molecule has 32 heavy (non-hydrogen) atoms. The molecule has 0 atom stereocenters. The summed E-state index contributed by atoms with van der Waals surface area (Å²) < 4.78 is 12.4. The third-order valence-corrected chi connectivity index (χ3v) is 6.29. The minimum absolute atomic E-state index is 0.0805. The molecule has 0 saturated heterocycles. The first-order valence-electron chi connectivity index (χ1n) is 9.99. The molecule has 0 saturated carbocycles. The third-order valence-electron chi connectivity index (χ3n) is 4.96. The van der Waals surface area contributed by atoms with Crippen LogP contribution < -0.4 is 10.1 Å². The molecule has 10 heteroatoms. The van der Waals surface area contributed by atoms with Gasteiger partial charge in [0.05, 0.1) is 29.9 Å². The van der Waals surface area contributed by atoms with Gasteiger partial charge in [0.1, 0.15) is 4.88 Å². The molecule has 0 aliphatic carbocycles. The number of carbonyl (C=O) groups is 1. The van der Waals surface area contributed by atoms with Gasteiger partial charge in [-0.3, -0.25) is 4.79 Å². The van der Waals surface area contributed by atoms with E-state index in [0.29, 0.717) is 42.0 Å². The second kappa shape index (κ2) is 8.42. The van der Waals surface area contributed by atoms with Gasteiger partial charge in [-0.2, -0.15) is 4.98 Å². The standard InChI is InChI=1S/C22H18ClN5O3S/c1-3-30-10-12-9-25-22(23)28-21(12)31-16-7-4-13-14(27-16)5-6-15-17(13)18-19(32-15)20(29)26-11(2)8-24-18/h4-7,9,24H,3,8,10H2,1-2H3. The molecule has 1 N–H and O–H groups in total. The van der Waals surface area contributed by atoms with E-state index in [-0.39, 0.29) is 11.2 Å². The number of halogens is 1. The Bertz CT molecular complexity index is 1400. The number of anilines is 1. The van der Waals surface area contributed by atoms with Crippen molar-refractivity contribution >= 4 is 61.2 Å². The van der Waals surface area contributed by atoms with Crippen molar-refractivity contribution in [2.75, 3.05) is 18.5 Å². The minimum Gasteiger partial charge on any atom is -0.420 e. The van der Waals surface area contributed by atoms with E-state index in [1.54, 1.807) is 12.3 Å². The van der Waals surface area contributed by atoms with Crippen LogP contribution in [0.15, 0.2) is 35.5 Å². The van der Waals surface area contributed by atoms with Gasteiger partial charge in [0.25, 0.3) is 5.91 Å². The van der Waals surface area contributed by atoms with Gasteiger partial charge in [0.2, 0.25) is 17.0 Å². The van der Waals surface area contributed by atoms with E-state index in [4.69, 9.17) is 21.1 Å². The number of aromatic nitrogens is 3. The summed E-state index contributed by atoms with van der Waals surface area (Å²) in [5.74, 6) is 0.455. The van der Waals surface area contributed by atoms with Crippen molar-refractivity contribution in [2.24, 2.45) is 4.99 Å². The zero-order valence-corrected chi connectivity index (χ0v) is 18.9. The molecule has 0 spiro atoms. The maximum Gasteiger partial charge on any atom is 0.289 e. The lowest BCUT2D eigenvalue weighted by Crippen LogP contribution is -2.08. The van der Waals surface area contributed by atoms with Gasteiger partial charge in [-0.05, 0) is 43.6 Å². The number of rotatable bonds is 5. The van der Waals surface area contributed by atoms with E-state index in [1.807, 2.05) is 32.0 Å². The summed E-state index contributed by atoms with van der Waals surface area (Å²) in [4.78, 5) is 30.1. The number of amides is 1. The van der Waals surface area contributed by atoms with Crippen LogP contribution in [0.3, 0.4) is 0 Å². The Balaban J connectivity index is 1.56. The zero-order valence-electron chi connectivity index (χ0n) is 17.3. The Morgan fingerprint density at radius 3 is 2.94 bits per heavy atom. The lowest BCUT2D eigenvalue weighted by molar-refractivity contribution is 0.101. The Hall–Kier alpha value is -3.14. The van der Waals surface area contributed by atoms with Gasteiger partial charge in [-0.25, -0.2) is 15.0 Å². The second-order valence-corrected chi connectivity index (χ2v) is 8.57. The molecular weight excluding hydrogens is 450 g/mol. The van der Waals surface area contributed by atoms with Crippen LogP contribution in [0.4, 0.5) is 5.69 Å². The first-order valence-corrected chi connectivity index (χ1v) is 11.2. The normalized spacial score (nSPS) is 13.6. The van der Waals surface area contributed by atoms with Crippen LogP contribution in [0, 0.1) is 0 Å². The highest BCUT2D eigenvalue weighted by atomic mass is 35.5. The van der Waals surface area contributed by atoms with Gasteiger partial charge in [-0.1, -0.05) is 0 Å². The second-order valence-electron chi connectivity index (χ2n) is 7.18. The number of hydrogen-bond acceptors (Lipinski definition) is 8. The average Bonchev–Trinajstić information content (AvgIpc) is 3.09. The monoisotopic (exact) mass is 467 g/mol. The Morgan fingerprint density at radius 2 is 2.09 bits per heavy atom. The van der Waals surface area contributed by atoms with Crippen LogP contribution in [-0.4, -0.2) is 39.7 Å². The fraction of sp³-hybridized carbons (Fsp3) is 0.227. The number of fused-ring (bicyclic) bond motifs is 5. The molecule has 1 aromatic carbocycles. The molecule has 1 aliphatic rings. The summed E-state index contributed by atoms with van der Waals surface area (Å²) in [6.45, 7) is 5.13. The van der Waals surface area contributed by atoms with Crippen molar-refractivity contribution < 1.29 is 14.3 Å². The average molecular weight is 468 g/mol. The highest BCUT2D eigenvalue weighted by Gasteiger charge is 2.23. The Morgan fingerprint density at radius 1 is 1.22 bits per heavy atom. The van der Waals surface area contributed by atoms with E-state index in [9.17, 15) is 4.79 Å². The molecule has 1 amide bonds. The van der Waals surface area contributed by atoms with Crippen molar-refractivity contribution in [2.45, 2.75) is 20.5 Å². The molecule has 0 radical (unpaired) electrons. The van der Waals surface area contributed by atoms with Crippen molar-refractivity contribution in [3.05, 3.63) is 46.2 Å². The molecule has 8 nitrogen and oxygen atoms in total. The highest BCUT2D eigenvalue weighted by molar-refractivity contribution is 7.21. The van der Waals surface area contributed by atoms with Crippen LogP contribution in [0.5, 0.6) is 11.8 Å². The fourth-order valence-corrected chi connectivity index (χ4v) is 4.71. The SMILES string of the molecule is CCOCc1cnc(Cl)nc1Oc1ccc2c(ccc3sc4c(c32)NCC(C)=NC4=O)n1. The molecule has 0 unspecified atom stereocenters. The minimum atomic E-state index is -0.216. The smallest absolute Gasteiger partial charge is 0.289 e. The van der Waals surface area contributed by atoms with E-state index < -0.39 is 0 Å². The summed E-state index contributed by atoms with van der Waals surface area (Å²) >= 11 is 7.39. The third kappa shape index (κ3) is 3.79. The summed E-state index contributed by atoms with van der Waals surface area (Å²) in [6, 6.07) is 7.57. The molecule has 5 rings (SSSR count). The number of aliphatic imine (C=N–C) groups is 1. The predicted molar refractivity (Wildman–Crippen MR) is 126 cm³/mol. The number of nitrogens with one attached hydrogen (secondary N) is 1. The van der Waals surface area contributed by atoms with E-state index in [2.05, 4.69) is 25.3 Å². The molecule has 1 aliphatic heterocycles. The largest absolute Gasteiger partial charge is 0.420 e.